The van der Waals surface area contributed by atoms with E-state index in [0.29, 0.717) is 5.69 Å². The van der Waals surface area contributed by atoms with Crippen LogP contribution in [0.5, 0.6) is 0 Å². The van der Waals surface area contributed by atoms with Crippen molar-refractivity contribution in [3.8, 4) is 6.07 Å². The van der Waals surface area contributed by atoms with Crippen LogP contribution in [0.25, 0.3) is 0 Å². The summed E-state index contributed by atoms with van der Waals surface area (Å²) in [4.78, 5) is 16.4. The number of para-hydroxylation sites is 1. The van der Waals surface area contributed by atoms with Crippen molar-refractivity contribution in [3.63, 3.8) is 0 Å². The zero-order valence-corrected chi connectivity index (χ0v) is 15.9. The number of anilines is 1. The van der Waals surface area contributed by atoms with E-state index in [1.165, 1.54) is 0 Å². The number of carbonyl (C=O) groups is 1. The summed E-state index contributed by atoms with van der Waals surface area (Å²) in [6, 6.07) is 19.6. The molecule has 5 heteroatoms. The molecule has 0 heterocycles. The van der Waals surface area contributed by atoms with Crippen LogP contribution in [0.1, 0.15) is 19.8 Å². The summed E-state index contributed by atoms with van der Waals surface area (Å²) in [5.74, 6) is -0.392. The van der Waals surface area contributed by atoms with Gasteiger partial charge in [-0.05, 0) is 30.7 Å². The molecular formula is C21H23N3OS. The quantitative estimate of drug-likeness (QED) is 0.533. The first-order chi connectivity index (χ1) is 12.6. The van der Waals surface area contributed by atoms with Crippen molar-refractivity contribution in [2.24, 2.45) is 0 Å². The average molecular weight is 366 g/mol. The fourth-order valence-electron chi connectivity index (χ4n) is 2.29. The molecule has 0 aliphatic rings. The van der Waals surface area contributed by atoms with Gasteiger partial charge < -0.3 is 10.2 Å². The summed E-state index contributed by atoms with van der Waals surface area (Å²) < 4.78 is 0. The molecule has 0 aliphatic carbocycles. The lowest BCUT2D eigenvalue weighted by molar-refractivity contribution is -0.112. The number of hydrogen-bond donors (Lipinski definition) is 1. The Labute approximate surface area is 159 Å². The van der Waals surface area contributed by atoms with Crippen molar-refractivity contribution in [2.45, 2.75) is 29.6 Å². The number of benzene rings is 2. The van der Waals surface area contributed by atoms with E-state index in [2.05, 4.69) is 12.2 Å². The van der Waals surface area contributed by atoms with Crippen LogP contribution < -0.4 is 5.32 Å². The molecule has 26 heavy (non-hydrogen) atoms. The summed E-state index contributed by atoms with van der Waals surface area (Å²) in [6.45, 7) is 2.92. The molecule has 0 unspecified atom stereocenters. The zero-order chi connectivity index (χ0) is 18.8. The predicted octanol–water partition coefficient (Wildman–Crippen LogP) is 4.92. The summed E-state index contributed by atoms with van der Waals surface area (Å²) in [5, 5.41) is 12.2. The van der Waals surface area contributed by atoms with Gasteiger partial charge in [0.2, 0.25) is 0 Å². The van der Waals surface area contributed by atoms with E-state index < -0.39 is 5.91 Å². The Hall–Kier alpha value is -2.71. The molecule has 0 atom stereocenters. The summed E-state index contributed by atoms with van der Waals surface area (Å²) >= 11 is 1.57. The van der Waals surface area contributed by atoms with Crippen LogP contribution in [0.3, 0.4) is 0 Å². The molecule has 0 fully saturated rings. The molecular weight excluding hydrogens is 342 g/mol. The van der Waals surface area contributed by atoms with Gasteiger partial charge in [0, 0.05) is 29.6 Å². The topological polar surface area (TPSA) is 56.1 Å². The first-order valence-corrected chi connectivity index (χ1v) is 9.41. The second kappa shape index (κ2) is 10.3. The lowest BCUT2D eigenvalue weighted by Gasteiger charge is -2.14. The van der Waals surface area contributed by atoms with E-state index in [-0.39, 0.29) is 5.57 Å². The third-order valence-corrected chi connectivity index (χ3v) is 4.77. The lowest BCUT2D eigenvalue weighted by Crippen LogP contribution is -2.19. The minimum atomic E-state index is -0.392. The summed E-state index contributed by atoms with van der Waals surface area (Å²) in [7, 11) is 1.87. The van der Waals surface area contributed by atoms with Crippen molar-refractivity contribution in [2.75, 3.05) is 18.9 Å². The van der Waals surface area contributed by atoms with Gasteiger partial charge in [-0.3, -0.25) is 4.79 Å². The van der Waals surface area contributed by atoms with Crippen LogP contribution in [0.4, 0.5) is 5.69 Å². The van der Waals surface area contributed by atoms with Gasteiger partial charge in [-0.1, -0.05) is 55.4 Å². The molecule has 2 rings (SSSR count). The fourth-order valence-corrected chi connectivity index (χ4v) is 3.22. The molecule has 2 aromatic carbocycles. The molecule has 1 N–H and O–H groups in total. The highest BCUT2D eigenvalue weighted by Gasteiger charge is 2.13. The van der Waals surface area contributed by atoms with E-state index in [9.17, 15) is 10.1 Å². The minimum absolute atomic E-state index is 0.100. The van der Waals surface area contributed by atoms with Crippen LogP contribution >= 0.6 is 11.8 Å². The maximum Gasteiger partial charge on any atom is 0.267 e. The molecule has 0 spiro atoms. The molecule has 0 saturated carbocycles. The summed E-state index contributed by atoms with van der Waals surface area (Å²) in [6.07, 6.45) is 3.69. The minimum Gasteiger partial charge on any atom is -0.379 e. The molecule has 0 saturated heterocycles. The van der Waals surface area contributed by atoms with Crippen molar-refractivity contribution in [3.05, 3.63) is 66.4 Å². The molecule has 0 radical (unpaired) electrons. The Balaban J connectivity index is 2.13. The van der Waals surface area contributed by atoms with Gasteiger partial charge >= 0.3 is 0 Å². The maximum absolute atomic E-state index is 12.5. The van der Waals surface area contributed by atoms with Gasteiger partial charge in [0.05, 0.1) is 5.69 Å². The van der Waals surface area contributed by atoms with Crippen LogP contribution in [-0.4, -0.2) is 24.4 Å². The van der Waals surface area contributed by atoms with E-state index >= 15 is 0 Å². The highest BCUT2D eigenvalue weighted by atomic mass is 32.2. The number of carbonyl (C=O) groups excluding carboxylic acids is 1. The van der Waals surface area contributed by atoms with Crippen LogP contribution in [0.2, 0.25) is 0 Å². The first kappa shape index (κ1) is 19.6. The van der Waals surface area contributed by atoms with Crippen molar-refractivity contribution >= 4 is 23.4 Å². The normalized spacial score (nSPS) is 10.9. The third-order valence-electron chi connectivity index (χ3n) is 3.69. The Bertz CT molecular complexity index is 796. The van der Waals surface area contributed by atoms with Gasteiger partial charge in [-0.25, -0.2) is 0 Å². The standard InChI is InChI=1S/C21H23N3OS/c1-3-4-14-24(2)16-17(15-22)21(25)23-19-12-8-9-13-20(19)26-18-10-6-5-7-11-18/h5-13,16H,3-4,14H2,1-2H3,(H,23,25)/b17-16-. The highest BCUT2D eigenvalue weighted by molar-refractivity contribution is 7.99. The first-order valence-electron chi connectivity index (χ1n) is 8.59. The van der Waals surface area contributed by atoms with E-state index in [0.717, 1.165) is 29.2 Å². The largest absolute Gasteiger partial charge is 0.379 e. The maximum atomic E-state index is 12.5. The highest BCUT2D eigenvalue weighted by Crippen LogP contribution is 2.33. The Morgan fingerprint density at radius 1 is 1.19 bits per heavy atom. The Morgan fingerprint density at radius 3 is 2.58 bits per heavy atom. The van der Waals surface area contributed by atoms with Gasteiger partial charge in [0.25, 0.3) is 5.91 Å². The van der Waals surface area contributed by atoms with E-state index in [1.54, 1.807) is 18.0 Å². The van der Waals surface area contributed by atoms with Crippen molar-refractivity contribution in [1.29, 1.82) is 5.26 Å². The number of nitriles is 1. The molecule has 0 aromatic heterocycles. The van der Waals surface area contributed by atoms with Gasteiger partial charge in [0.1, 0.15) is 11.6 Å². The molecule has 4 nitrogen and oxygen atoms in total. The number of rotatable bonds is 8. The Kier molecular flexibility index (Phi) is 7.78. The molecule has 2 aromatic rings. The van der Waals surface area contributed by atoms with Crippen molar-refractivity contribution in [1.82, 2.24) is 4.90 Å². The predicted molar refractivity (Wildman–Crippen MR) is 107 cm³/mol. The lowest BCUT2D eigenvalue weighted by atomic mass is 10.2. The van der Waals surface area contributed by atoms with Crippen LogP contribution in [-0.2, 0) is 4.79 Å². The van der Waals surface area contributed by atoms with Crippen LogP contribution in [0.15, 0.2) is 76.2 Å². The fraction of sp³-hybridized carbons (Fsp3) is 0.238. The van der Waals surface area contributed by atoms with E-state index in [4.69, 9.17) is 0 Å². The number of hydrogen-bond acceptors (Lipinski definition) is 4. The SMILES string of the molecule is CCCCN(C)/C=C(/C#N)C(=O)Nc1ccccc1Sc1ccccc1. The van der Waals surface area contributed by atoms with Gasteiger partial charge in [0.15, 0.2) is 0 Å². The second-order valence-electron chi connectivity index (χ2n) is 5.85. The van der Waals surface area contributed by atoms with Gasteiger partial charge in [-0.2, -0.15) is 5.26 Å². The zero-order valence-electron chi connectivity index (χ0n) is 15.1. The second-order valence-corrected chi connectivity index (χ2v) is 6.97. The Morgan fingerprint density at radius 2 is 1.88 bits per heavy atom. The molecule has 1 amide bonds. The molecule has 0 bridgehead atoms. The van der Waals surface area contributed by atoms with Crippen molar-refractivity contribution < 1.29 is 4.79 Å². The third kappa shape index (κ3) is 5.98. The molecule has 0 aliphatic heterocycles. The summed E-state index contributed by atoms with van der Waals surface area (Å²) in [5.41, 5.74) is 0.798. The number of nitrogens with zero attached hydrogens (tertiary/aromatic N) is 2. The number of unbranched alkanes of at least 4 members (excludes halogenated alkanes) is 1. The molecule has 134 valence electrons. The average Bonchev–Trinajstić information content (AvgIpc) is 2.66. The van der Waals surface area contributed by atoms with E-state index in [1.807, 2.05) is 72.6 Å². The smallest absolute Gasteiger partial charge is 0.267 e. The monoisotopic (exact) mass is 365 g/mol. The number of amides is 1. The number of nitrogens with one attached hydrogen (secondary N) is 1. The van der Waals surface area contributed by atoms with Crippen LogP contribution in [0, 0.1) is 11.3 Å². The van der Waals surface area contributed by atoms with Gasteiger partial charge in [-0.15, -0.1) is 0 Å².